The molecule has 3 saturated carbocycles. The summed E-state index contributed by atoms with van der Waals surface area (Å²) in [6, 6.07) is 1.45. The quantitative estimate of drug-likeness (QED) is 0.265. The molecule has 1 saturated heterocycles. The zero-order valence-corrected chi connectivity index (χ0v) is 21.4. The fourth-order valence-corrected chi connectivity index (χ4v) is 7.17. The third-order valence-electron chi connectivity index (χ3n) is 9.24. The van der Waals surface area contributed by atoms with Gasteiger partial charge in [-0.05, 0) is 62.7 Å². The molecular weight excluding hydrogens is 522 g/mol. The fourth-order valence-electron chi connectivity index (χ4n) is 7.17. The van der Waals surface area contributed by atoms with Crippen molar-refractivity contribution < 1.29 is 44.6 Å². The Labute approximate surface area is 218 Å². The minimum Gasteiger partial charge on any atom is -0.378 e. The molecule has 0 aromatic carbocycles. The van der Waals surface area contributed by atoms with Crippen molar-refractivity contribution in [1.29, 1.82) is 5.26 Å². The van der Waals surface area contributed by atoms with Gasteiger partial charge >= 0.3 is 6.11 Å². The van der Waals surface area contributed by atoms with Crippen LogP contribution in [0.3, 0.4) is 0 Å². The van der Waals surface area contributed by atoms with E-state index in [0.717, 1.165) is 12.8 Å². The van der Waals surface area contributed by atoms with Gasteiger partial charge in [-0.1, -0.05) is 6.92 Å². The molecule has 0 spiro atoms. The fraction of sp³-hybridized carbons (Fsp3) is 0.963. The van der Waals surface area contributed by atoms with Crippen LogP contribution < -0.4 is 0 Å². The lowest BCUT2D eigenvalue weighted by Gasteiger charge is -2.43. The number of alkyl halides is 8. The van der Waals surface area contributed by atoms with Crippen molar-refractivity contribution in [3.63, 3.8) is 0 Å². The molecule has 10 unspecified atom stereocenters. The summed E-state index contributed by atoms with van der Waals surface area (Å²) >= 11 is 0. The number of rotatable bonds is 5. The van der Waals surface area contributed by atoms with Gasteiger partial charge in [0.1, 0.15) is 48.9 Å². The number of hydrogen-bond donors (Lipinski definition) is 0. The van der Waals surface area contributed by atoms with Crippen molar-refractivity contribution in [2.45, 2.75) is 120 Å². The third kappa shape index (κ3) is 6.42. The Balaban J connectivity index is 1.38. The molecule has 1 heterocycles. The van der Waals surface area contributed by atoms with Crippen LogP contribution >= 0.6 is 0 Å². The molecule has 0 aromatic heterocycles. The lowest BCUT2D eigenvalue weighted by Crippen LogP contribution is -2.52. The normalized spacial score (nSPS) is 49.2. The highest BCUT2D eigenvalue weighted by Crippen LogP contribution is 2.50. The smallest absolute Gasteiger partial charge is 0.364 e. The van der Waals surface area contributed by atoms with E-state index in [9.17, 15) is 17.6 Å². The molecule has 0 bridgehead atoms. The largest absolute Gasteiger partial charge is 0.378 e. The Bertz CT molecular complexity index is 797. The zero-order chi connectivity index (χ0) is 27.8. The number of halogens is 8. The molecule has 0 N–H and O–H groups in total. The molecule has 4 fully saturated rings. The van der Waals surface area contributed by atoms with Crippen molar-refractivity contribution in [1.82, 2.24) is 0 Å². The van der Waals surface area contributed by atoms with Gasteiger partial charge in [0.25, 0.3) is 0 Å². The van der Waals surface area contributed by atoms with Gasteiger partial charge in [-0.25, -0.2) is 26.3 Å². The van der Waals surface area contributed by atoms with E-state index in [2.05, 4.69) is 11.7 Å². The van der Waals surface area contributed by atoms with Crippen molar-refractivity contribution in [3.8, 4) is 6.07 Å². The molecule has 218 valence electrons. The van der Waals surface area contributed by atoms with Gasteiger partial charge in [-0.2, -0.15) is 14.0 Å². The molecule has 4 aliphatic rings. The van der Waals surface area contributed by atoms with E-state index in [-0.39, 0.29) is 24.9 Å². The van der Waals surface area contributed by atoms with Crippen molar-refractivity contribution in [2.24, 2.45) is 35.5 Å². The summed E-state index contributed by atoms with van der Waals surface area (Å²) in [5, 5.41) is 8.82. The minimum absolute atomic E-state index is 0.00257. The van der Waals surface area contributed by atoms with Crippen LogP contribution in [0.5, 0.6) is 0 Å². The first kappa shape index (κ1) is 29.8. The Morgan fingerprint density at radius 3 is 1.89 bits per heavy atom. The molecule has 3 aliphatic carbocycles. The van der Waals surface area contributed by atoms with Gasteiger partial charge in [0.2, 0.25) is 0 Å². The SMILES string of the molecule is CC1CCC(C2CCC(F)C(C3CC(F)C(C(F)(F)OC4CC(F)C(C#N)C(F)C4)C(F)C3)C(F)C2)OC1. The number of nitrogens with zero attached hydrogens (tertiary/aromatic N) is 1. The molecule has 11 heteroatoms. The number of hydrogen-bond acceptors (Lipinski definition) is 3. The predicted octanol–water partition coefficient (Wildman–Crippen LogP) is 7.18. The average molecular weight is 560 g/mol. The Hall–Kier alpha value is -1.15. The molecule has 0 amide bonds. The number of nitriles is 1. The number of ether oxygens (including phenoxy) is 2. The van der Waals surface area contributed by atoms with Crippen molar-refractivity contribution in [2.75, 3.05) is 6.61 Å². The topological polar surface area (TPSA) is 42.2 Å². The lowest BCUT2D eigenvalue weighted by atomic mass is 9.70. The van der Waals surface area contributed by atoms with Gasteiger partial charge in [-0.3, -0.25) is 0 Å². The molecule has 10 atom stereocenters. The minimum atomic E-state index is -4.39. The third-order valence-corrected chi connectivity index (χ3v) is 9.24. The first-order valence-corrected chi connectivity index (χ1v) is 13.8. The highest BCUT2D eigenvalue weighted by Gasteiger charge is 2.58. The second kappa shape index (κ2) is 12.2. The summed E-state index contributed by atoms with van der Waals surface area (Å²) in [6.07, 6.45) is -19.3. The molecule has 1 aliphatic heterocycles. The summed E-state index contributed by atoms with van der Waals surface area (Å²) in [5.74, 6) is -6.42. The molecular formula is C27H37F8NO2. The van der Waals surface area contributed by atoms with E-state index >= 15 is 17.6 Å². The van der Waals surface area contributed by atoms with Gasteiger partial charge in [0.05, 0.1) is 18.3 Å². The molecule has 38 heavy (non-hydrogen) atoms. The van der Waals surface area contributed by atoms with E-state index in [0.29, 0.717) is 18.9 Å². The van der Waals surface area contributed by atoms with E-state index < -0.39 is 98.6 Å². The van der Waals surface area contributed by atoms with Crippen LogP contribution in [-0.4, -0.2) is 62.0 Å². The van der Waals surface area contributed by atoms with Crippen LogP contribution in [0.15, 0.2) is 0 Å². The van der Waals surface area contributed by atoms with E-state index in [1.807, 2.05) is 0 Å². The van der Waals surface area contributed by atoms with Crippen molar-refractivity contribution >= 4 is 0 Å². The van der Waals surface area contributed by atoms with Crippen molar-refractivity contribution in [3.05, 3.63) is 0 Å². The summed E-state index contributed by atoms with van der Waals surface area (Å²) in [6.45, 7) is 2.60. The molecule has 0 aromatic rings. The second-order valence-corrected chi connectivity index (χ2v) is 12.0. The van der Waals surface area contributed by atoms with E-state index in [1.54, 1.807) is 0 Å². The van der Waals surface area contributed by atoms with Gasteiger partial charge in [-0.15, -0.1) is 0 Å². The molecule has 0 radical (unpaired) electrons. The monoisotopic (exact) mass is 559 g/mol. The second-order valence-electron chi connectivity index (χ2n) is 12.0. The van der Waals surface area contributed by atoms with E-state index in [4.69, 9.17) is 10.00 Å². The standard InChI is InChI=1S/C27H37F8NO2/c1-13-2-5-24(37-12-13)14-3-4-18(28)25(21(31)6-14)15-7-22(32)26(23(33)8-15)27(34,35)38-16-9-19(29)17(11-36)20(30)10-16/h13-26H,2-10,12H2,1H3. The summed E-state index contributed by atoms with van der Waals surface area (Å²) in [5.41, 5.74) is 0. The first-order valence-electron chi connectivity index (χ1n) is 13.8. The van der Waals surface area contributed by atoms with Crippen LogP contribution in [0.4, 0.5) is 35.1 Å². The van der Waals surface area contributed by atoms with Crippen LogP contribution in [0.2, 0.25) is 0 Å². The maximum absolute atomic E-state index is 15.4. The maximum atomic E-state index is 15.4. The summed E-state index contributed by atoms with van der Waals surface area (Å²) < 4.78 is 129. The summed E-state index contributed by atoms with van der Waals surface area (Å²) in [4.78, 5) is 0. The predicted molar refractivity (Wildman–Crippen MR) is 123 cm³/mol. The Morgan fingerprint density at radius 2 is 1.34 bits per heavy atom. The van der Waals surface area contributed by atoms with Gasteiger partial charge in [0.15, 0.2) is 0 Å². The molecule has 4 rings (SSSR count). The highest BCUT2D eigenvalue weighted by atomic mass is 19.3. The van der Waals surface area contributed by atoms with Gasteiger partial charge < -0.3 is 9.47 Å². The van der Waals surface area contributed by atoms with Crippen LogP contribution in [-0.2, 0) is 9.47 Å². The van der Waals surface area contributed by atoms with Crippen LogP contribution in [0.1, 0.15) is 64.7 Å². The average Bonchev–Trinajstić information content (AvgIpc) is 2.96. The lowest BCUT2D eigenvalue weighted by molar-refractivity contribution is -0.323. The Kier molecular flexibility index (Phi) is 9.54. The maximum Gasteiger partial charge on any atom is 0.364 e. The summed E-state index contributed by atoms with van der Waals surface area (Å²) in [7, 11) is 0. The van der Waals surface area contributed by atoms with Crippen LogP contribution in [0, 0.1) is 46.8 Å². The van der Waals surface area contributed by atoms with Gasteiger partial charge in [0, 0.05) is 25.4 Å². The van der Waals surface area contributed by atoms with Crippen LogP contribution in [0.25, 0.3) is 0 Å². The zero-order valence-electron chi connectivity index (χ0n) is 21.4. The Morgan fingerprint density at radius 1 is 0.737 bits per heavy atom. The molecule has 3 nitrogen and oxygen atoms in total. The highest BCUT2D eigenvalue weighted by molar-refractivity contribution is 5.01. The van der Waals surface area contributed by atoms with E-state index in [1.165, 1.54) is 6.07 Å². The first-order chi connectivity index (χ1) is 17.9.